The van der Waals surface area contributed by atoms with Crippen molar-refractivity contribution in [3.05, 3.63) is 92.2 Å². The Hall–Kier alpha value is -3.26. The van der Waals surface area contributed by atoms with E-state index in [0.29, 0.717) is 16.3 Å². The van der Waals surface area contributed by atoms with Crippen molar-refractivity contribution in [3.63, 3.8) is 0 Å². The molecule has 1 aliphatic rings. The van der Waals surface area contributed by atoms with Crippen molar-refractivity contribution < 1.29 is 24.2 Å². The quantitative estimate of drug-likeness (QED) is 0.249. The molecule has 2 heterocycles. The van der Waals surface area contributed by atoms with Gasteiger partial charge in [0.2, 0.25) is 0 Å². The summed E-state index contributed by atoms with van der Waals surface area (Å²) in [6.07, 6.45) is 3.18. The predicted octanol–water partition coefficient (Wildman–Crippen LogP) is 5.68. The zero-order valence-electron chi connectivity index (χ0n) is 18.6. The molecule has 1 fully saturated rings. The lowest BCUT2D eigenvalue weighted by Crippen LogP contribution is -2.29. The first-order valence-electron chi connectivity index (χ1n) is 10.3. The van der Waals surface area contributed by atoms with Crippen LogP contribution in [0, 0.1) is 0 Å². The summed E-state index contributed by atoms with van der Waals surface area (Å²) < 4.78 is 10.6. The maximum Gasteiger partial charge on any atom is 0.295 e. The largest absolute Gasteiger partial charge is 0.507 e. The van der Waals surface area contributed by atoms with Gasteiger partial charge in [0.25, 0.3) is 11.7 Å². The van der Waals surface area contributed by atoms with Gasteiger partial charge in [0, 0.05) is 25.0 Å². The Morgan fingerprint density at radius 1 is 0.943 bits per heavy atom. The van der Waals surface area contributed by atoms with Gasteiger partial charge in [-0.15, -0.1) is 0 Å². The molecule has 7 nitrogen and oxygen atoms in total. The zero-order valence-corrected chi connectivity index (χ0v) is 20.9. The number of pyridine rings is 1. The molecule has 35 heavy (non-hydrogen) atoms. The first-order valence-corrected chi connectivity index (χ1v) is 11.4. The van der Waals surface area contributed by atoms with E-state index in [9.17, 15) is 14.7 Å². The molecule has 1 aliphatic heterocycles. The first-order chi connectivity index (χ1) is 16.8. The zero-order chi connectivity index (χ0) is 25.3. The molecule has 0 bridgehead atoms. The third kappa shape index (κ3) is 4.67. The summed E-state index contributed by atoms with van der Waals surface area (Å²) in [5.74, 6) is -1.56. The number of likely N-dealkylation sites (tertiary alicyclic amines) is 1. The van der Waals surface area contributed by atoms with Crippen molar-refractivity contribution >= 4 is 52.3 Å². The second kappa shape index (κ2) is 10.2. The third-order valence-electron chi connectivity index (χ3n) is 5.63. The minimum absolute atomic E-state index is 0.0925. The van der Waals surface area contributed by atoms with Gasteiger partial charge in [0.05, 0.1) is 46.5 Å². The van der Waals surface area contributed by atoms with Crippen LogP contribution in [0.25, 0.3) is 5.76 Å². The first kappa shape index (κ1) is 24.9. The summed E-state index contributed by atoms with van der Waals surface area (Å²) >= 11 is 18.6. The number of ketones is 1. The fraction of sp³-hybridized carbons (Fsp3) is 0.160. The Bertz CT molecular complexity index is 1340. The van der Waals surface area contributed by atoms with E-state index in [0.717, 1.165) is 5.56 Å². The molecule has 0 saturated carbocycles. The molecule has 4 rings (SSSR count). The number of benzene rings is 2. The van der Waals surface area contributed by atoms with E-state index < -0.39 is 23.5 Å². The molecule has 3 aromatic rings. The number of amides is 1. The second-order valence-electron chi connectivity index (χ2n) is 7.64. The number of halogens is 3. The van der Waals surface area contributed by atoms with Crippen molar-refractivity contribution in [3.8, 4) is 11.5 Å². The average molecular weight is 534 g/mol. The fourth-order valence-corrected chi connectivity index (χ4v) is 4.49. The number of hydrogen-bond acceptors (Lipinski definition) is 6. The van der Waals surface area contributed by atoms with Crippen molar-refractivity contribution in [2.45, 2.75) is 12.6 Å². The highest BCUT2D eigenvalue weighted by Crippen LogP contribution is 2.44. The van der Waals surface area contributed by atoms with Crippen molar-refractivity contribution in [1.29, 1.82) is 0 Å². The molecule has 1 aromatic heterocycles. The Kier molecular flexibility index (Phi) is 7.21. The minimum Gasteiger partial charge on any atom is -0.507 e. The van der Waals surface area contributed by atoms with Crippen LogP contribution in [0.1, 0.15) is 22.7 Å². The molecule has 1 saturated heterocycles. The molecule has 1 N–H and O–H groups in total. The van der Waals surface area contributed by atoms with Crippen LogP contribution < -0.4 is 9.47 Å². The summed E-state index contributed by atoms with van der Waals surface area (Å²) in [5.41, 5.74) is 1.23. The van der Waals surface area contributed by atoms with E-state index in [1.165, 1.54) is 31.3 Å². The van der Waals surface area contributed by atoms with Crippen molar-refractivity contribution in [2.24, 2.45) is 0 Å². The number of carbonyl (C=O) groups is 2. The van der Waals surface area contributed by atoms with Gasteiger partial charge < -0.3 is 19.5 Å². The number of aliphatic hydroxyl groups excluding tert-OH is 1. The lowest BCUT2D eigenvalue weighted by atomic mass is 9.94. The highest BCUT2D eigenvalue weighted by atomic mass is 35.5. The molecule has 0 aliphatic carbocycles. The second-order valence-corrected chi connectivity index (χ2v) is 8.86. The third-order valence-corrected chi connectivity index (χ3v) is 6.67. The summed E-state index contributed by atoms with van der Waals surface area (Å²) in [4.78, 5) is 31.8. The van der Waals surface area contributed by atoms with Crippen molar-refractivity contribution in [2.75, 3.05) is 14.2 Å². The van der Waals surface area contributed by atoms with Gasteiger partial charge in [-0.05, 0) is 41.5 Å². The minimum atomic E-state index is -0.955. The standard InChI is InChI=1S/C25H19Cl3N2O5/c1-34-19-11-20(35-2)18(28)10-15(19)23(31)21-22(14-3-4-16(26)17(27)9-14)30(25(33)24(21)32)12-13-5-7-29-8-6-13/h3-11,22,31H,12H2,1-2H3/b23-21+. The number of methoxy groups -OCH3 is 2. The average Bonchev–Trinajstić information content (AvgIpc) is 3.10. The molecule has 1 atom stereocenters. The molecular weight excluding hydrogens is 515 g/mol. The lowest BCUT2D eigenvalue weighted by molar-refractivity contribution is -0.140. The molecule has 1 unspecified atom stereocenters. The number of hydrogen-bond donors (Lipinski definition) is 1. The smallest absolute Gasteiger partial charge is 0.295 e. The highest BCUT2D eigenvalue weighted by molar-refractivity contribution is 6.47. The molecule has 1 amide bonds. The van der Waals surface area contributed by atoms with E-state index in [4.69, 9.17) is 44.3 Å². The number of ether oxygens (including phenoxy) is 2. The van der Waals surface area contributed by atoms with Crippen LogP contribution in [0.3, 0.4) is 0 Å². The van der Waals surface area contributed by atoms with E-state index in [1.54, 1.807) is 42.7 Å². The van der Waals surface area contributed by atoms with Crippen LogP contribution in [0.2, 0.25) is 15.1 Å². The Morgan fingerprint density at radius 3 is 2.26 bits per heavy atom. The predicted molar refractivity (Wildman–Crippen MR) is 133 cm³/mol. The lowest BCUT2D eigenvalue weighted by Gasteiger charge is -2.26. The van der Waals surface area contributed by atoms with Crippen LogP contribution >= 0.6 is 34.8 Å². The maximum absolute atomic E-state index is 13.3. The number of aliphatic hydroxyl groups is 1. The molecule has 180 valence electrons. The van der Waals surface area contributed by atoms with Gasteiger partial charge in [-0.25, -0.2) is 0 Å². The van der Waals surface area contributed by atoms with Gasteiger partial charge in [0.15, 0.2) is 0 Å². The van der Waals surface area contributed by atoms with Gasteiger partial charge in [-0.1, -0.05) is 40.9 Å². The van der Waals surface area contributed by atoms with Gasteiger partial charge in [-0.2, -0.15) is 0 Å². The molecule has 0 spiro atoms. The Labute approximate surface area is 216 Å². The molecule has 10 heteroatoms. The number of rotatable bonds is 6. The van der Waals surface area contributed by atoms with E-state index >= 15 is 0 Å². The van der Waals surface area contributed by atoms with Gasteiger partial charge in [-0.3, -0.25) is 14.6 Å². The summed E-state index contributed by atoms with van der Waals surface area (Å²) in [6, 6.07) is 10.2. The van der Waals surface area contributed by atoms with E-state index in [1.807, 2.05) is 0 Å². The van der Waals surface area contributed by atoms with Crippen LogP contribution in [0.5, 0.6) is 11.5 Å². The van der Waals surface area contributed by atoms with Gasteiger partial charge >= 0.3 is 0 Å². The van der Waals surface area contributed by atoms with Crippen LogP contribution in [0.15, 0.2) is 60.4 Å². The Morgan fingerprint density at radius 2 is 1.63 bits per heavy atom. The van der Waals surface area contributed by atoms with Crippen LogP contribution in [-0.4, -0.2) is 40.9 Å². The Balaban J connectivity index is 1.94. The summed E-state index contributed by atoms with van der Waals surface area (Å²) in [5, 5.41) is 12.1. The number of Topliss-reactive ketones (excluding diaryl/α,β-unsaturated/α-hetero) is 1. The van der Waals surface area contributed by atoms with Crippen LogP contribution in [0.4, 0.5) is 0 Å². The summed E-state index contributed by atoms with van der Waals surface area (Å²) in [6.45, 7) is 0.0925. The number of carbonyl (C=O) groups excluding carboxylic acids is 2. The monoisotopic (exact) mass is 532 g/mol. The highest BCUT2D eigenvalue weighted by Gasteiger charge is 2.46. The van der Waals surface area contributed by atoms with E-state index in [-0.39, 0.29) is 33.5 Å². The fourth-order valence-electron chi connectivity index (χ4n) is 3.95. The molecular formula is C25H19Cl3N2O5. The SMILES string of the molecule is COc1cc(OC)c(/C(O)=C2\C(=O)C(=O)N(Cc3ccncc3)C2c2ccc(Cl)c(Cl)c2)cc1Cl. The normalized spacial score (nSPS) is 17.1. The topological polar surface area (TPSA) is 89.0 Å². The maximum atomic E-state index is 13.3. The van der Waals surface area contributed by atoms with Crippen molar-refractivity contribution in [1.82, 2.24) is 9.88 Å². The number of aromatic nitrogens is 1. The van der Waals surface area contributed by atoms with Crippen LogP contribution in [-0.2, 0) is 16.1 Å². The van der Waals surface area contributed by atoms with E-state index in [2.05, 4.69) is 4.98 Å². The molecule has 0 radical (unpaired) electrons. The summed E-state index contributed by atoms with van der Waals surface area (Å²) in [7, 11) is 2.84. The molecule has 2 aromatic carbocycles. The number of nitrogens with zero attached hydrogens (tertiary/aromatic N) is 2. The van der Waals surface area contributed by atoms with Gasteiger partial charge in [0.1, 0.15) is 17.3 Å².